The van der Waals surface area contributed by atoms with E-state index in [-0.39, 0.29) is 24.8 Å². The Morgan fingerprint density at radius 3 is 1.30 bits per heavy atom. The van der Waals surface area contributed by atoms with E-state index in [1.54, 1.807) is 22.3 Å². The fourth-order valence-electron chi connectivity index (χ4n) is 6.44. The molecule has 0 spiro atoms. The van der Waals surface area contributed by atoms with Crippen LogP contribution in [0.25, 0.3) is 34.4 Å². The molecule has 0 heterocycles. The molecule has 0 aromatic heterocycles. The van der Waals surface area contributed by atoms with Gasteiger partial charge in [0.15, 0.2) is 0 Å². The second-order valence-corrected chi connectivity index (χ2v) is 29.5. The van der Waals surface area contributed by atoms with Gasteiger partial charge >= 0.3 is 246 Å². The van der Waals surface area contributed by atoms with Crippen molar-refractivity contribution in [1.82, 2.24) is 0 Å². The maximum absolute atomic E-state index is 6.21. The molecule has 2 atom stereocenters. The minimum Gasteiger partial charge on any atom is -0.147 e. The first-order valence-corrected chi connectivity index (χ1v) is 22.9. The van der Waals surface area contributed by atoms with Gasteiger partial charge in [-0.3, -0.25) is 0 Å². The van der Waals surface area contributed by atoms with Crippen molar-refractivity contribution in [2.24, 2.45) is 0 Å². The minimum atomic E-state index is -2.10. The molecular weight excluding hydrogens is 669 g/mol. The molecule has 4 aromatic rings. The molecule has 0 amide bonds. The molecule has 4 aromatic carbocycles. The summed E-state index contributed by atoms with van der Waals surface area (Å²) in [6, 6.07) is 30.5. The van der Waals surface area contributed by atoms with E-state index in [2.05, 4.69) is 99.8 Å². The van der Waals surface area contributed by atoms with Gasteiger partial charge in [0, 0.05) is 0 Å². The molecule has 0 saturated carbocycles. The van der Waals surface area contributed by atoms with Crippen molar-refractivity contribution in [1.29, 1.82) is 0 Å². The maximum Gasteiger partial charge on any atom is -0.147 e. The molecule has 204 valence electrons. The topological polar surface area (TPSA) is 0 Å². The molecule has 0 fully saturated rings. The molecule has 0 radical (unpaired) electrons. The summed E-state index contributed by atoms with van der Waals surface area (Å²) < 4.78 is 1.23. The summed E-state index contributed by atoms with van der Waals surface area (Å²) in [5, 5.41) is 1.57. The van der Waals surface area contributed by atoms with E-state index in [1.807, 2.05) is 24.3 Å². The van der Waals surface area contributed by atoms with E-state index in [1.165, 1.54) is 33.4 Å². The largest absolute Gasteiger partial charge is 0.147 e. The van der Waals surface area contributed by atoms with Gasteiger partial charge in [-0.1, -0.05) is 0 Å². The standard InChI is InChI=1S/2C16H12Cl.C2H6Si.2ClH.Zr/c2*1-11-9-13-3-2-4-15(16(13)10-11)12-5-7-14(17)8-6-12;1-3-2;;;/h2*2-10H,1H3;1-2H3;2*1H;. The summed E-state index contributed by atoms with van der Waals surface area (Å²) in [4.78, 5) is 0. The monoisotopic (exact) mass is 698 g/mol. The number of halogens is 4. The van der Waals surface area contributed by atoms with Gasteiger partial charge in [-0.05, 0) is 0 Å². The predicted octanol–water partition coefficient (Wildman–Crippen LogP) is 11.7. The van der Waals surface area contributed by atoms with Crippen LogP contribution in [0.5, 0.6) is 0 Å². The molecule has 0 aliphatic heterocycles. The summed E-state index contributed by atoms with van der Waals surface area (Å²) in [5.41, 5.74) is 13.8. The second kappa shape index (κ2) is 12.9. The Hall–Kier alpha value is -1.38. The second-order valence-electron chi connectivity index (χ2n) is 10.7. The number of rotatable bonds is 4. The van der Waals surface area contributed by atoms with Crippen LogP contribution in [-0.4, -0.2) is 5.43 Å². The molecule has 6 heteroatoms. The van der Waals surface area contributed by atoms with Crippen molar-refractivity contribution in [2.75, 3.05) is 0 Å². The van der Waals surface area contributed by atoms with Crippen molar-refractivity contribution in [2.45, 2.75) is 34.2 Å². The molecule has 0 nitrogen and oxygen atoms in total. The van der Waals surface area contributed by atoms with Gasteiger partial charge < -0.3 is 0 Å². The Morgan fingerprint density at radius 2 is 0.950 bits per heavy atom. The molecule has 2 aliphatic carbocycles. The Bertz CT molecular complexity index is 1540. The molecule has 0 bridgehead atoms. The number of hydrogen-bond donors (Lipinski definition) is 0. The van der Waals surface area contributed by atoms with E-state index >= 15 is 0 Å². The number of hydrogen-bond acceptors (Lipinski definition) is 0. The predicted molar refractivity (Wildman–Crippen MR) is 179 cm³/mol. The van der Waals surface area contributed by atoms with Crippen LogP contribution < -0.4 is 0 Å². The fourth-order valence-corrected chi connectivity index (χ4v) is 27.4. The van der Waals surface area contributed by atoms with Gasteiger partial charge in [0.2, 0.25) is 0 Å². The van der Waals surface area contributed by atoms with Gasteiger partial charge in [-0.2, -0.15) is 0 Å². The van der Waals surface area contributed by atoms with Gasteiger partial charge in [0.25, 0.3) is 0 Å². The quantitative estimate of drug-likeness (QED) is 0.186. The normalized spacial score (nSPS) is 16.6. The Labute approximate surface area is 268 Å². The van der Waals surface area contributed by atoms with Crippen molar-refractivity contribution in [3.05, 3.63) is 128 Å². The molecule has 0 N–H and O–H groups in total. The molecule has 6 rings (SSSR count). The van der Waals surface area contributed by atoms with Crippen LogP contribution in [0.15, 0.2) is 96.1 Å². The zero-order chi connectivity index (χ0) is 26.6. The number of allylic oxidation sites excluding steroid dienone is 2. The van der Waals surface area contributed by atoms with Crippen molar-refractivity contribution in [3.63, 3.8) is 0 Å². The average molecular weight is 702 g/mol. The van der Waals surface area contributed by atoms with E-state index in [0.717, 1.165) is 10.0 Å². The third kappa shape index (κ3) is 5.66. The summed E-state index contributed by atoms with van der Waals surface area (Å²) in [5.74, 6) is 0. The number of benzene rings is 4. The van der Waals surface area contributed by atoms with Gasteiger partial charge in [0.1, 0.15) is 0 Å². The third-order valence-electron chi connectivity index (χ3n) is 8.07. The van der Waals surface area contributed by atoms with Crippen LogP contribution >= 0.6 is 48.0 Å². The van der Waals surface area contributed by atoms with Crippen LogP contribution in [0.3, 0.4) is 0 Å². The van der Waals surface area contributed by atoms with Gasteiger partial charge in [0.05, 0.1) is 0 Å². The number of fused-ring (bicyclic) bond motifs is 2. The van der Waals surface area contributed by atoms with Crippen LogP contribution in [0.2, 0.25) is 23.1 Å². The first-order valence-electron chi connectivity index (χ1n) is 13.1. The zero-order valence-corrected chi connectivity index (χ0v) is 29.6. The summed E-state index contributed by atoms with van der Waals surface area (Å²) in [6.45, 7) is 9.95. The summed E-state index contributed by atoms with van der Waals surface area (Å²) in [7, 11) is 0. The minimum absolute atomic E-state index is 0. The average Bonchev–Trinajstić information content (AvgIpc) is 3.41. The van der Waals surface area contributed by atoms with Crippen LogP contribution in [0, 0.1) is 0 Å². The van der Waals surface area contributed by atoms with Crippen molar-refractivity contribution >= 4 is 65.6 Å². The van der Waals surface area contributed by atoms with E-state index in [9.17, 15) is 0 Å². The smallest absolute Gasteiger partial charge is 0.147 e. The Kier molecular flexibility index (Phi) is 10.1. The van der Waals surface area contributed by atoms with Crippen LogP contribution in [0.4, 0.5) is 0 Å². The summed E-state index contributed by atoms with van der Waals surface area (Å²) >= 11 is 10.3. The van der Waals surface area contributed by atoms with E-state index < -0.39 is 25.8 Å². The van der Waals surface area contributed by atoms with E-state index in [4.69, 9.17) is 23.2 Å². The van der Waals surface area contributed by atoms with Gasteiger partial charge in [-0.15, -0.1) is 24.8 Å². The molecule has 0 saturated heterocycles. The molecule has 2 unspecified atom stereocenters. The summed E-state index contributed by atoms with van der Waals surface area (Å²) in [6.07, 6.45) is 4.99. The first-order chi connectivity index (χ1) is 18.3. The van der Waals surface area contributed by atoms with Gasteiger partial charge in [-0.25, -0.2) is 0 Å². The van der Waals surface area contributed by atoms with E-state index in [0.29, 0.717) is 7.25 Å². The zero-order valence-electron chi connectivity index (χ0n) is 23.0. The fraction of sp³-hybridized carbons (Fsp3) is 0.176. The Balaban J connectivity index is 0.00000185. The maximum atomic E-state index is 6.21. The van der Waals surface area contributed by atoms with Crippen LogP contribution in [-0.2, 0) is 20.4 Å². The molecular formula is C34H32Cl4SiZr. The molecule has 2 aliphatic rings. The van der Waals surface area contributed by atoms with Crippen molar-refractivity contribution < 1.29 is 20.4 Å². The SMILES string of the molecule is CC1=Cc2c(-c3ccc(Cl)cc3)cccc2[CH]1[Zr]([CH]1C(C)=Cc2c(-c3ccc(Cl)cc3)cccc21)=[Si](C)C.Cl.Cl. The van der Waals surface area contributed by atoms with Crippen molar-refractivity contribution in [3.8, 4) is 22.3 Å². The van der Waals surface area contributed by atoms with Crippen LogP contribution in [0.1, 0.15) is 43.4 Å². The third-order valence-corrected chi connectivity index (χ3v) is 28.5. The Morgan fingerprint density at radius 1 is 0.575 bits per heavy atom. The molecule has 40 heavy (non-hydrogen) atoms. The first kappa shape index (κ1) is 31.6.